The fourth-order valence-corrected chi connectivity index (χ4v) is 4.24. The highest BCUT2D eigenvalue weighted by Crippen LogP contribution is 2.23. The smallest absolute Gasteiger partial charge is 0.407 e. The van der Waals surface area contributed by atoms with Crippen molar-refractivity contribution in [1.29, 1.82) is 0 Å². The molecule has 168 valence electrons. The van der Waals surface area contributed by atoms with E-state index in [0.717, 1.165) is 47.9 Å². The maximum absolute atomic E-state index is 11.6. The first-order valence-corrected chi connectivity index (χ1v) is 14.4. The fraction of sp³-hybridized carbons (Fsp3) is 0.636. The molecule has 2 aromatic rings. The molecule has 0 unspecified atom stereocenters. The predicted molar refractivity (Wildman–Crippen MR) is 125 cm³/mol. The first-order chi connectivity index (χ1) is 13.9. The highest BCUT2D eigenvalue weighted by Gasteiger charge is 2.25. The van der Waals surface area contributed by atoms with E-state index in [1.165, 1.54) is 4.90 Å². The lowest BCUT2D eigenvalue weighted by Gasteiger charge is -2.33. The van der Waals surface area contributed by atoms with Gasteiger partial charge in [-0.3, -0.25) is 0 Å². The van der Waals surface area contributed by atoms with Crippen LogP contribution in [0.25, 0.3) is 11.0 Å². The third-order valence-electron chi connectivity index (χ3n) is 5.20. The summed E-state index contributed by atoms with van der Waals surface area (Å²) in [6.07, 6.45) is 0.622. The van der Waals surface area contributed by atoms with Crippen molar-refractivity contribution in [2.75, 3.05) is 13.2 Å². The zero-order chi connectivity index (χ0) is 22.5. The maximum Gasteiger partial charge on any atom is 0.407 e. The van der Waals surface area contributed by atoms with E-state index in [9.17, 15) is 9.90 Å². The molecule has 30 heavy (non-hydrogen) atoms. The van der Waals surface area contributed by atoms with Crippen LogP contribution in [0.5, 0.6) is 0 Å². The lowest BCUT2D eigenvalue weighted by molar-refractivity contribution is 0.0878. The number of ether oxygens (including phenoxy) is 1. The van der Waals surface area contributed by atoms with E-state index in [1.807, 2.05) is 32.9 Å². The lowest BCUT2D eigenvalue weighted by Crippen LogP contribution is -2.45. The van der Waals surface area contributed by atoms with E-state index in [2.05, 4.69) is 30.3 Å². The van der Waals surface area contributed by atoms with Crippen molar-refractivity contribution < 1.29 is 14.6 Å². The quantitative estimate of drug-likeness (QED) is 0.424. The number of benzene rings is 1. The van der Waals surface area contributed by atoms with E-state index in [1.54, 1.807) is 0 Å². The molecule has 2 rings (SSSR count). The zero-order valence-electron chi connectivity index (χ0n) is 19.4. The van der Waals surface area contributed by atoms with Gasteiger partial charge in [0.15, 0.2) is 0 Å². The second-order valence-corrected chi connectivity index (χ2v) is 15.6. The number of para-hydroxylation sites is 1. The van der Waals surface area contributed by atoms with Gasteiger partial charge in [-0.25, -0.2) is 9.78 Å². The van der Waals surface area contributed by atoms with E-state index < -0.39 is 19.7 Å². The molecule has 1 heterocycles. The van der Waals surface area contributed by atoms with Gasteiger partial charge in [0.25, 0.3) is 0 Å². The molecule has 1 amide bonds. The number of carboxylic acid groups (broad SMARTS) is 1. The van der Waals surface area contributed by atoms with Gasteiger partial charge in [-0.2, -0.15) is 0 Å². The van der Waals surface area contributed by atoms with Crippen LogP contribution < -0.4 is 5.73 Å². The van der Waals surface area contributed by atoms with E-state index >= 15 is 0 Å². The van der Waals surface area contributed by atoms with Gasteiger partial charge in [0.1, 0.15) is 12.6 Å². The van der Waals surface area contributed by atoms with Gasteiger partial charge in [-0.1, -0.05) is 31.8 Å². The molecule has 0 atom stereocenters. The number of fused-ring (bicyclic) bond motifs is 1. The Morgan fingerprint density at radius 2 is 2.00 bits per heavy atom. The van der Waals surface area contributed by atoms with Crippen LogP contribution in [0.15, 0.2) is 18.2 Å². The van der Waals surface area contributed by atoms with Gasteiger partial charge in [0, 0.05) is 26.8 Å². The minimum Gasteiger partial charge on any atom is -0.465 e. The fourth-order valence-electron chi connectivity index (χ4n) is 3.48. The normalized spacial score (nSPS) is 12.5. The Morgan fingerprint density at radius 1 is 1.30 bits per heavy atom. The molecule has 0 aliphatic carbocycles. The molecule has 0 aliphatic rings. The number of imidazole rings is 1. The Hall–Kier alpha value is -1.90. The van der Waals surface area contributed by atoms with Crippen LogP contribution in [0.3, 0.4) is 0 Å². The van der Waals surface area contributed by atoms with Gasteiger partial charge < -0.3 is 25.0 Å². The van der Waals surface area contributed by atoms with Gasteiger partial charge in [-0.15, -0.1) is 0 Å². The lowest BCUT2D eigenvalue weighted by atomic mass is 10.0. The van der Waals surface area contributed by atoms with Gasteiger partial charge >= 0.3 is 6.09 Å². The molecule has 8 heteroatoms. The van der Waals surface area contributed by atoms with Crippen molar-refractivity contribution in [3.05, 3.63) is 29.6 Å². The molecule has 3 N–H and O–H groups in total. The Labute approximate surface area is 181 Å². The summed E-state index contributed by atoms with van der Waals surface area (Å²) in [7, 11) is -1.15. The van der Waals surface area contributed by atoms with Crippen LogP contribution in [-0.4, -0.2) is 52.4 Å². The highest BCUT2D eigenvalue weighted by molar-refractivity contribution is 6.76. The van der Waals surface area contributed by atoms with Crippen LogP contribution in [0.2, 0.25) is 25.7 Å². The molecule has 1 aromatic heterocycles. The van der Waals surface area contributed by atoms with Crippen molar-refractivity contribution in [3.8, 4) is 0 Å². The first-order valence-electron chi connectivity index (χ1n) is 10.7. The molecule has 0 spiro atoms. The molecule has 0 saturated carbocycles. The van der Waals surface area contributed by atoms with Crippen LogP contribution in [0, 0.1) is 0 Å². The van der Waals surface area contributed by atoms with Crippen LogP contribution in [0.1, 0.15) is 38.6 Å². The summed E-state index contributed by atoms with van der Waals surface area (Å²) in [5, 5.41) is 9.52. The summed E-state index contributed by atoms with van der Waals surface area (Å²) < 4.78 is 8.07. The third kappa shape index (κ3) is 6.55. The second-order valence-electron chi connectivity index (χ2n) is 10.0. The summed E-state index contributed by atoms with van der Waals surface area (Å²) in [6, 6.07) is 7.20. The minimum atomic E-state index is -1.15. The number of aryl methyl sites for hydroxylation is 1. The number of nitrogens with two attached hydrogens (primary N) is 1. The Bertz CT molecular complexity index is 852. The number of amides is 1. The standard InChI is InChI=1S/C22H38N4O3Si/c1-22(2,3)26(21(27)28)12-8-10-17-9-7-11-18-20(17)25(19(15-23)24-18)16-29-13-14-30(4,5)6/h7,9,11H,8,10,12-16,23H2,1-6H3,(H,27,28). The topological polar surface area (TPSA) is 93.6 Å². The van der Waals surface area contributed by atoms with Crippen LogP contribution in [-0.2, 0) is 24.4 Å². The van der Waals surface area contributed by atoms with Crippen LogP contribution >= 0.6 is 0 Å². The molecule has 0 bridgehead atoms. The molecule has 0 saturated heterocycles. The molecule has 0 aliphatic heterocycles. The van der Waals surface area contributed by atoms with E-state index in [0.29, 0.717) is 19.8 Å². The maximum atomic E-state index is 11.6. The number of carbonyl (C=O) groups is 1. The second kappa shape index (κ2) is 9.94. The number of aromatic nitrogens is 2. The molecule has 1 aromatic carbocycles. The number of rotatable bonds is 10. The molecule has 0 radical (unpaired) electrons. The Morgan fingerprint density at radius 3 is 2.57 bits per heavy atom. The number of hydrogen-bond acceptors (Lipinski definition) is 4. The number of hydrogen-bond donors (Lipinski definition) is 2. The largest absolute Gasteiger partial charge is 0.465 e. The molecule has 7 nitrogen and oxygen atoms in total. The minimum absolute atomic E-state index is 0.350. The summed E-state index contributed by atoms with van der Waals surface area (Å²) in [4.78, 5) is 17.8. The summed E-state index contributed by atoms with van der Waals surface area (Å²) >= 11 is 0. The SMILES string of the molecule is CC(C)(C)N(CCCc1cccc2nc(CN)n(COCC[Si](C)(C)C)c12)C(=O)O. The van der Waals surface area contributed by atoms with Gasteiger partial charge in [0.05, 0.1) is 17.6 Å². The predicted octanol–water partition coefficient (Wildman–Crippen LogP) is 4.52. The van der Waals surface area contributed by atoms with Crippen molar-refractivity contribution in [3.63, 3.8) is 0 Å². The summed E-state index contributed by atoms with van der Waals surface area (Å²) in [6.45, 7) is 14.8. The van der Waals surface area contributed by atoms with Crippen molar-refractivity contribution >= 4 is 25.2 Å². The van der Waals surface area contributed by atoms with Crippen molar-refractivity contribution in [2.45, 2.75) is 78.1 Å². The summed E-state index contributed by atoms with van der Waals surface area (Å²) in [5.41, 5.74) is 8.64. The monoisotopic (exact) mass is 434 g/mol. The Balaban J connectivity index is 2.18. The zero-order valence-corrected chi connectivity index (χ0v) is 20.4. The average Bonchev–Trinajstić information content (AvgIpc) is 2.98. The van der Waals surface area contributed by atoms with E-state index in [4.69, 9.17) is 15.5 Å². The molecular weight excluding hydrogens is 396 g/mol. The third-order valence-corrected chi connectivity index (χ3v) is 6.90. The van der Waals surface area contributed by atoms with Crippen molar-refractivity contribution in [1.82, 2.24) is 14.5 Å². The molecule has 0 fully saturated rings. The van der Waals surface area contributed by atoms with Gasteiger partial charge in [0.2, 0.25) is 0 Å². The number of nitrogens with zero attached hydrogens (tertiary/aromatic N) is 3. The molecular formula is C22H38N4O3Si. The van der Waals surface area contributed by atoms with Gasteiger partial charge in [-0.05, 0) is 51.3 Å². The average molecular weight is 435 g/mol. The highest BCUT2D eigenvalue weighted by atomic mass is 28.3. The van der Waals surface area contributed by atoms with E-state index in [-0.39, 0.29) is 0 Å². The summed E-state index contributed by atoms with van der Waals surface area (Å²) in [5.74, 6) is 0.812. The Kier molecular flexibility index (Phi) is 8.07. The van der Waals surface area contributed by atoms with Crippen molar-refractivity contribution in [2.24, 2.45) is 5.73 Å². The van der Waals surface area contributed by atoms with Crippen LogP contribution in [0.4, 0.5) is 4.79 Å². The first kappa shape index (κ1) is 24.4.